The van der Waals surface area contributed by atoms with Gasteiger partial charge in [-0.3, -0.25) is 9.59 Å². The summed E-state index contributed by atoms with van der Waals surface area (Å²) in [5, 5.41) is 13.8. The van der Waals surface area contributed by atoms with Gasteiger partial charge in [0.2, 0.25) is 5.91 Å². The van der Waals surface area contributed by atoms with E-state index in [-0.39, 0.29) is 18.3 Å². The summed E-state index contributed by atoms with van der Waals surface area (Å²) >= 11 is 1.01. The molecule has 0 spiro atoms. The first-order valence-corrected chi connectivity index (χ1v) is 6.08. The fraction of sp³-hybridized carbons (Fsp3) is 0.667. The summed E-state index contributed by atoms with van der Waals surface area (Å²) in [7, 11) is 0. The molecule has 0 aromatic heterocycles. The first-order chi connectivity index (χ1) is 8.03. The normalized spacial score (nSPS) is 32.2. The Morgan fingerprint density at radius 1 is 1.59 bits per heavy atom. The molecule has 2 atom stereocenters. The summed E-state index contributed by atoms with van der Waals surface area (Å²) in [5.74, 6) is -1.27. The lowest BCUT2D eigenvalue weighted by atomic mass is 9.98. The van der Waals surface area contributed by atoms with Crippen LogP contribution in [0.2, 0.25) is 0 Å². The maximum atomic E-state index is 11.8. The minimum absolute atomic E-state index is 0.0398. The molecule has 3 N–H and O–H groups in total. The van der Waals surface area contributed by atoms with Crippen molar-refractivity contribution in [3.8, 4) is 0 Å². The highest BCUT2D eigenvalue weighted by Crippen LogP contribution is 2.20. The summed E-state index contributed by atoms with van der Waals surface area (Å²) < 4.78 is 5.02. The second-order valence-corrected chi connectivity index (χ2v) is 4.97. The maximum Gasteiger partial charge on any atom is 0.331 e. The summed E-state index contributed by atoms with van der Waals surface area (Å²) in [6.07, 6.45) is 0.238. The molecule has 2 fully saturated rings. The minimum atomic E-state index is -1.35. The number of carbonyl (C=O) groups is 3. The average molecular weight is 260 g/mol. The van der Waals surface area contributed by atoms with Gasteiger partial charge in [-0.1, -0.05) is 11.8 Å². The van der Waals surface area contributed by atoms with Crippen LogP contribution in [0.5, 0.6) is 0 Å². The number of aliphatic carboxylic acids is 1. The van der Waals surface area contributed by atoms with Gasteiger partial charge in [-0.15, -0.1) is 0 Å². The molecule has 2 unspecified atom stereocenters. The van der Waals surface area contributed by atoms with Crippen molar-refractivity contribution in [2.24, 2.45) is 0 Å². The molecule has 94 valence electrons. The predicted molar refractivity (Wildman–Crippen MR) is 58.7 cm³/mol. The van der Waals surface area contributed by atoms with E-state index < -0.39 is 23.5 Å². The van der Waals surface area contributed by atoms with Gasteiger partial charge in [-0.2, -0.15) is 0 Å². The second kappa shape index (κ2) is 4.53. The van der Waals surface area contributed by atoms with Gasteiger partial charge in [0.25, 0.3) is 5.24 Å². The fourth-order valence-electron chi connectivity index (χ4n) is 1.73. The SMILES string of the molecule is O=C1NC(C(=O)NC2(C(=O)O)CCOC2)CS1. The number of carboxylic acid groups (broad SMARTS) is 1. The standard InChI is InChI=1S/C9H12N2O5S/c12-6(5-3-17-8(15)10-5)11-9(7(13)14)1-2-16-4-9/h5H,1-4H2,(H,10,15)(H,11,12)(H,13,14). The van der Waals surface area contributed by atoms with E-state index in [1.807, 2.05) is 0 Å². The summed E-state index contributed by atoms with van der Waals surface area (Å²) in [6, 6.07) is -0.663. The Hall–Kier alpha value is -1.28. The smallest absolute Gasteiger partial charge is 0.331 e. The van der Waals surface area contributed by atoms with Crippen molar-refractivity contribution < 1.29 is 24.2 Å². The van der Waals surface area contributed by atoms with E-state index in [4.69, 9.17) is 9.84 Å². The number of hydrogen-bond donors (Lipinski definition) is 3. The zero-order chi connectivity index (χ0) is 12.5. The van der Waals surface area contributed by atoms with Crippen molar-refractivity contribution in [3.05, 3.63) is 0 Å². The van der Waals surface area contributed by atoms with E-state index in [2.05, 4.69) is 10.6 Å². The zero-order valence-electron chi connectivity index (χ0n) is 8.89. The maximum absolute atomic E-state index is 11.8. The van der Waals surface area contributed by atoms with Crippen LogP contribution in [0, 0.1) is 0 Å². The monoisotopic (exact) mass is 260 g/mol. The third-order valence-corrected chi connectivity index (χ3v) is 3.66. The molecule has 2 amide bonds. The molecule has 2 heterocycles. The van der Waals surface area contributed by atoms with Crippen LogP contribution in [-0.4, -0.2) is 52.8 Å². The van der Waals surface area contributed by atoms with E-state index in [1.165, 1.54) is 0 Å². The van der Waals surface area contributed by atoms with E-state index >= 15 is 0 Å². The first kappa shape index (κ1) is 12.2. The second-order valence-electron chi connectivity index (χ2n) is 3.97. The van der Waals surface area contributed by atoms with Crippen molar-refractivity contribution in [1.82, 2.24) is 10.6 Å². The Labute approximate surface area is 101 Å². The number of carboxylic acids is 1. The molecule has 8 heteroatoms. The molecule has 7 nitrogen and oxygen atoms in total. The molecule has 17 heavy (non-hydrogen) atoms. The van der Waals surface area contributed by atoms with Gasteiger partial charge in [0.15, 0.2) is 5.54 Å². The lowest BCUT2D eigenvalue weighted by molar-refractivity contribution is -0.147. The van der Waals surface area contributed by atoms with Crippen molar-refractivity contribution in [2.75, 3.05) is 19.0 Å². The van der Waals surface area contributed by atoms with E-state index in [9.17, 15) is 14.4 Å². The lowest BCUT2D eigenvalue weighted by Gasteiger charge is -2.25. The molecule has 0 aromatic rings. The molecule has 2 aliphatic heterocycles. The van der Waals surface area contributed by atoms with E-state index in [0.29, 0.717) is 12.4 Å². The third kappa shape index (κ3) is 2.37. The number of thioether (sulfide) groups is 1. The Morgan fingerprint density at radius 3 is 2.82 bits per heavy atom. The summed E-state index contributed by atoms with van der Waals surface area (Å²) in [6.45, 7) is 0.264. The molecular weight excluding hydrogens is 248 g/mol. The highest BCUT2D eigenvalue weighted by Gasteiger charge is 2.45. The van der Waals surface area contributed by atoms with Gasteiger partial charge in [-0.25, -0.2) is 4.79 Å². The van der Waals surface area contributed by atoms with Crippen molar-refractivity contribution in [3.63, 3.8) is 0 Å². The molecule has 0 aliphatic carbocycles. The Kier molecular flexibility index (Phi) is 3.25. The highest BCUT2D eigenvalue weighted by molar-refractivity contribution is 8.14. The predicted octanol–water partition coefficient (Wildman–Crippen LogP) is -0.829. The number of carbonyl (C=O) groups excluding carboxylic acids is 2. The van der Waals surface area contributed by atoms with Crippen LogP contribution in [-0.2, 0) is 14.3 Å². The Morgan fingerprint density at radius 2 is 2.35 bits per heavy atom. The summed E-state index contributed by atoms with van der Waals surface area (Å²) in [5.41, 5.74) is -1.35. The van der Waals surface area contributed by atoms with Gasteiger partial charge in [-0.05, 0) is 0 Å². The Bertz CT molecular complexity index is 366. The minimum Gasteiger partial charge on any atom is -0.479 e. The molecule has 0 radical (unpaired) electrons. The zero-order valence-corrected chi connectivity index (χ0v) is 9.71. The van der Waals surface area contributed by atoms with Gasteiger partial charge < -0.3 is 20.5 Å². The lowest BCUT2D eigenvalue weighted by Crippen LogP contribution is -2.59. The molecule has 0 saturated carbocycles. The van der Waals surface area contributed by atoms with Crippen molar-refractivity contribution in [1.29, 1.82) is 0 Å². The Balaban J connectivity index is 2.01. The van der Waals surface area contributed by atoms with Crippen molar-refractivity contribution >= 4 is 28.9 Å². The molecule has 2 rings (SSSR count). The van der Waals surface area contributed by atoms with Crippen LogP contribution in [0.1, 0.15) is 6.42 Å². The number of ether oxygens (including phenoxy) is 1. The topological polar surface area (TPSA) is 105 Å². The van der Waals surface area contributed by atoms with Crippen LogP contribution < -0.4 is 10.6 Å². The molecule has 2 saturated heterocycles. The fourth-order valence-corrected chi connectivity index (χ4v) is 2.51. The highest BCUT2D eigenvalue weighted by atomic mass is 32.2. The van der Waals surface area contributed by atoms with Crippen molar-refractivity contribution in [2.45, 2.75) is 18.0 Å². The van der Waals surface area contributed by atoms with Crippen LogP contribution in [0.4, 0.5) is 4.79 Å². The first-order valence-electron chi connectivity index (χ1n) is 5.10. The molecule has 0 bridgehead atoms. The van der Waals surface area contributed by atoms with Crippen LogP contribution in [0.3, 0.4) is 0 Å². The number of rotatable bonds is 3. The van der Waals surface area contributed by atoms with Crippen LogP contribution >= 0.6 is 11.8 Å². The van der Waals surface area contributed by atoms with Gasteiger partial charge in [0, 0.05) is 18.8 Å². The van der Waals surface area contributed by atoms with E-state index in [1.54, 1.807) is 0 Å². The largest absolute Gasteiger partial charge is 0.479 e. The van der Waals surface area contributed by atoms with Gasteiger partial charge in [0.1, 0.15) is 6.04 Å². The van der Waals surface area contributed by atoms with Gasteiger partial charge >= 0.3 is 5.97 Å². The summed E-state index contributed by atoms with van der Waals surface area (Å²) in [4.78, 5) is 33.9. The number of hydrogen-bond acceptors (Lipinski definition) is 5. The van der Waals surface area contributed by atoms with E-state index in [0.717, 1.165) is 11.8 Å². The van der Waals surface area contributed by atoms with Crippen LogP contribution in [0.15, 0.2) is 0 Å². The number of nitrogens with one attached hydrogen (secondary N) is 2. The third-order valence-electron chi connectivity index (χ3n) is 2.78. The van der Waals surface area contributed by atoms with Crippen LogP contribution in [0.25, 0.3) is 0 Å². The number of amides is 2. The molecule has 0 aromatic carbocycles. The quantitative estimate of drug-likeness (QED) is 0.612. The van der Waals surface area contributed by atoms with Gasteiger partial charge in [0.05, 0.1) is 6.61 Å². The molecule has 2 aliphatic rings. The molecular formula is C9H12N2O5S. The average Bonchev–Trinajstić information content (AvgIpc) is 2.87.